The normalized spacial score (nSPS) is 32.6. The molecule has 0 radical (unpaired) electrons. The van der Waals surface area contributed by atoms with Gasteiger partial charge in [0, 0.05) is 36.5 Å². The predicted octanol–water partition coefficient (Wildman–Crippen LogP) is 10.1. The number of carbonyl (C=O) groups excluding carboxylic acids is 5. The molecule has 4 rings (SSSR count). The molecule has 4 aliphatic rings. The van der Waals surface area contributed by atoms with Gasteiger partial charge < -0.3 is 19.7 Å². The van der Waals surface area contributed by atoms with E-state index in [0.29, 0.717) is 19.3 Å². The fourth-order valence-electron chi connectivity index (χ4n) is 12.0. The maximum atomic E-state index is 14.9. The Balaban J connectivity index is 1.51. The maximum Gasteiger partial charge on any atom is 0.306 e. The zero-order chi connectivity index (χ0) is 44.0. The largest absolute Gasteiger partial charge is 0.462 e. The van der Waals surface area contributed by atoms with E-state index in [-0.39, 0.29) is 48.6 Å². The Morgan fingerprint density at radius 1 is 0.864 bits per heavy atom. The molecule has 9 nitrogen and oxygen atoms in total. The number of aliphatic hydroxyl groups is 2. The Labute approximate surface area is 355 Å². The van der Waals surface area contributed by atoms with Crippen molar-refractivity contribution in [3.8, 4) is 0 Å². The average molecular weight is 823 g/mol. The third kappa shape index (κ3) is 10.2. The molecule has 2 N–H and O–H groups in total. The first-order valence-corrected chi connectivity index (χ1v) is 23.0. The van der Waals surface area contributed by atoms with Crippen molar-refractivity contribution in [3.63, 3.8) is 0 Å². The summed E-state index contributed by atoms with van der Waals surface area (Å²) in [5.74, 6) is -3.35. The Morgan fingerprint density at radius 3 is 2.03 bits per heavy atom. The van der Waals surface area contributed by atoms with Crippen LogP contribution in [0.1, 0.15) is 185 Å². The van der Waals surface area contributed by atoms with E-state index in [2.05, 4.69) is 32.1 Å². The molecular weight excluding hydrogens is 745 g/mol. The number of hydrogen-bond acceptors (Lipinski definition) is 9. The summed E-state index contributed by atoms with van der Waals surface area (Å²) >= 11 is 0. The first kappa shape index (κ1) is 48.8. The van der Waals surface area contributed by atoms with Gasteiger partial charge in [0.15, 0.2) is 11.6 Å². The van der Waals surface area contributed by atoms with Crippen LogP contribution in [0.2, 0.25) is 0 Å². The molecule has 3 saturated carbocycles. The van der Waals surface area contributed by atoms with Crippen molar-refractivity contribution in [1.29, 1.82) is 0 Å². The minimum atomic E-state index is -2.05. The van der Waals surface area contributed by atoms with Gasteiger partial charge >= 0.3 is 11.9 Å². The number of Topliss-reactive ketones (excluding diaryl/α,β-unsaturated/α-hetero) is 2. The monoisotopic (exact) mass is 823 g/mol. The van der Waals surface area contributed by atoms with Crippen molar-refractivity contribution in [2.45, 2.75) is 208 Å². The van der Waals surface area contributed by atoms with E-state index >= 15 is 0 Å². The molecule has 0 aliphatic heterocycles. The maximum absolute atomic E-state index is 14.9. The number of aliphatic hydroxyl groups excluding tert-OH is 1. The summed E-state index contributed by atoms with van der Waals surface area (Å²) in [6, 6.07) is 0. The van der Waals surface area contributed by atoms with Gasteiger partial charge in [-0.25, -0.2) is 0 Å². The van der Waals surface area contributed by atoms with Gasteiger partial charge in [0.05, 0.1) is 0 Å². The molecule has 0 aromatic carbocycles. The van der Waals surface area contributed by atoms with Crippen LogP contribution in [-0.2, 0) is 33.4 Å². The van der Waals surface area contributed by atoms with Crippen molar-refractivity contribution < 1.29 is 43.7 Å². The van der Waals surface area contributed by atoms with E-state index in [4.69, 9.17) is 9.47 Å². The molecular formula is C50H78O9. The number of unbranched alkanes of at least 4 members (excludes halogenated alkanes) is 11. The Kier molecular flexibility index (Phi) is 16.1. The highest BCUT2D eigenvalue weighted by molar-refractivity contribution is 5.98. The lowest BCUT2D eigenvalue weighted by atomic mass is 9.38. The number of hydrogen-bond donors (Lipinski definition) is 2. The highest BCUT2D eigenvalue weighted by Crippen LogP contribution is 2.74. The van der Waals surface area contributed by atoms with Crippen molar-refractivity contribution in [1.82, 2.24) is 0 Å². The van der Waals surface area contributed by atoms with E-state index in [9.17, 15) is 34.2 Å². The van der Waals surface area contributed by atoms with Crippen LogP contribution < -0.4 is 0 Å². The van der Waals surface area contributed by atoms with Gasteiger partial charge in [0.2, 0.25) is 0 Å². The van der Waals surface area contributed by atoms with E-state index in [1.54, 1.807) is 13.8 Å². The van der Waals surface area contributed by atoms with E-state index in [1.165, 1.54) is 64.5 Å². The SMILES string of the molecule is CCCCCCCC/C=C\CCCCCCCC(=O)O[C@@H]1C[C@@]2(C)[C@@H]3CC=C4[C@@H](C[C@H](O)C(=O)C4(C)C)[C@]3(C)C(=O)C[C@]2(C)[C@H]1[C@@](C)(O)C(=O)/C=C/C(C)(C)OC(C)=O. The van der Waals surface area contributed by atoms with E-state index < -0.39 is 62.7 Å². The highest BCUT2D eigenvalue weighted by Gasteiger charge is 2.75. The fraction of sp³-hybridized carbons (Fsp3) is 0.780. The number of allylic oxidation sites excluding steroid dienone is 4. The molecule has 9 heteroatoms. The molecule has 0 aromatic heterocycles. The van der Waals surface area contributed by atoms with Crippen molar-refractivity contribution >= 4 is 29.3 Å². The predicted molar refractivity (Wildman–Crippen MR) is 231 cm³/mol. The van der Waals surface area contributed by atoms with Crippen LogP contribution in [0, 0.1) is 39.4 Å². The third-order valence-electron chi connectivity index (χ3n) is 15.5. The molecule has 0 heterocycles. The lowest BCUT2D eigenvalue weighted by Gasteiger charge is -2.64. The molecule has 0 unspecified atom stereocenters. The quantitative estimate of drug-likeness (QED) is 0.0500. The first-order chi connectivity index (χ1) is 27.5. The van der Waals surface area contributed by atoms with Gasteiger partial charge in [-0.1, -0.05) is 103 Å². The number of ether oxygens (including phenoxy) is 2. The fourth-order valence-corrected chi connectivity index (χ4v) is 12.0. The van der Waals surface area contributed by atoms with Crippen LogP contribution in [-0.4, -0.2) is 62.9 Å². The minimum Gasteiger partial charge on any atom is -0.462 e. The standard InChI is InChI=1S/C50H78O9/c1-11-12-13-14-15-16-17-18-19-20-21-22-23-24-25-26-42(55)58-38-32-47(7)39-28-27-35-36(31-37(52)44(56)46(35,5)6)49(39,9)41(54)33-48(47,8)43(38)50(10,57)40(53)29-30-45(3,4)59-34(2)51/h18-19,27,29-30,36-39,43,52,57H,11-17,20-26,28,31-33H2,1-10H3/b19-18-,30-29+/t36-,37+,38-,39+,43+,47+,48-,49+,50+/m1/s1. The zero-order valence-corrected chi connectivity index (χ0v) is 38.3. The van der Waals surface area contributed by atoms with Crippen LogP contribution in [0.5, 0.6) is 0 Å². The van der Waals surface area contributed by atoms with Crippen molar-refractivity contribution in [3.05, 3.63) is 36.0 Å². The zero-order valence-electron chi connectivity index (χ0n) is 38.3. The Morgan fingerprint density at radius 2 is 1.44 bits per heavy atom. The summed E-state index contributed by atoms with van der Waals surface area (Å²) < 4.78 is 11.7. The molecule has 0 bridgehead atoms. The highest BCUT2D eigenvalue weighted by atomic mass is 16.6. The van der Waals surface area contributed by atoms with Gasteiger partial charge in [0.25, 0.3) is 0 Å². The molecule has 0 amide bonds. The summed E-state index contributed by atoms with van der Waals surface area (Å²) in [6.45, 7) is 18.0. The summed E-state index contributed by atoms with van der Waals surface area (Å²) in [6.07, 6.45) is 23.5. The average Bonchev–Trinajstić information content (AvgIpc) is 3.36. The lowest BCUT2D eigenvalue weighted by Crippen LogP contribution is -2.65. The number of fused-ring (bicyclic) bond motifs is 5. The Bertz CT molecular complexity index is 1630. The molecule has 9 atom stereocenters. The van der Waals surface area contributed by atoms with Crippen molar-refractivity contribution in [2.24, 2.45) is 39.4 Å². The molecule has 0 saturated heterocycles. The van der Waals surface area contributed by atoms with Gasteiger partial charge in [-0.2, -0.15) is 0 Å². The van der Waals surface area contributed by atoms with Crippen LogP contribution in [0.3, 0.4) is 0 Å². The van der Waals surface area contributed by atoms with Gasteiger partial charge in [-0.05, 0) is 121 Å². The summed E-state index contributed by atoms with van der Waals surface area (Å²) in [7, 11) is 0. The smallest absolute Gasteiger partial charge is 0.306 e. The van der Waals surface area contributed by atoms with Gasteiger partial charge in [-0.15, -0.1) is 0 Å². The number of rotatable bonds is 21. The van der Waals surface area contributed by atoms with Crippen molar-refractivity contribution in [2.75, 3.05) is 0 Å². The topological polar surface area (TPSA) is 144 Å². The van der Waals surface area contributed by atoms with E-state index in [0.717, 1.165) is 44.1 Å². The molecule has 0 aromatic rings. The Hall–Kier alpha value is -2.91. The molecule has 332 valence electrons. The van der Waals surface area contributed by atoms with Crippen LogP contribution in [0.15, 0.2) is 36.0 Å². The molecule has 59 heavy (non-hydrogen) atoms. The number of ketones is 3. The molecule has 0 spiro atoms. The molecule has 4 aliphatic carbocycles. The summed E-state index contributed by atoms with van der Waals surface area (Å²) in [5, 5.41) is 23.5. The third-order valence-corrected chi connectivity index (χ3v) is 15.5. The van der Waals surface area contributed by atoms with E-state index in [1.807, 2.05) is 27.7 Å². The number of carbonyl (C=O) groups is 5. The summed E-state index contributed by atoms with van der Waals surface area (Å²) in [5.41, 5.74) is -5.76. The van der Waals surface area contributed by atoms with Crippen LogP contribution in [0.25, 0.3) is 0 Å². The van der Waals surface area contributed by atoms with Gasteiger partial charge in [-0.3, -0.25) is 24.0 Å². The minimum absolute atomic E-state index is 0.0315. The molecule has 3 fully saturated rings. The summed E-state index contributed by atoms with van der Waals surface area (Å²) in [4.78, 5) is 67.6. The second-order valence-corrected chi connectivity index (χ2v) is 20.5. The van der Waals surface area contributed by atoms with Crippen LogP contribution >= 0.6 is 0 Å². The van der Waals surface area contributed by atoms with Crippen LogP contribution in [0.4, 0.5) is 0 Å². The second kappa shape index (κ2) is 19.4. The number of esters is 2. The second-order valence-electron chi connectivity index (χ2n) is 20.5. The lowest BCUT2D eigenvalue weighted by molar-refractivity contribution is -0.185. The first-order valence-electron chi connectivity index (χ1n) is 23.0. The van der Waals surface area contributed by atoms with Gasteiger partial charge in [0.1, 0.15) is 29.2 Å².